The summed E-state index contributed by atoms with van der Waals surface area (Å²) in [7, 11) is -3.97. The first-order chi connectivity index (χ1) is 19.4. The first-order valence-corrected chi connectivity index (χ1v) is 15.2. The van der Waals surface area contributed by atoms with Gasteiger partial charge in [-0.15, -0.1) is 0 Å². The number of nitrogens with zero attached hydrogens (tertiary/aromatic N) is 2. The molecule has 0 saturated carbocycles. The molecule has 41 heavy (non-hydrogen) atoms. The van der Waals surface area contributed by atoms with Crippen LogP contribution in [0, 0.1) is 5.82 Å². The summed E-state index contributed by atoms with van der Waals surface area (Å²) in [5.74, 6) is -1.72. The fourth-order valence-corrected chi connectivity index (χ4v) is 5.12. The summed E-state index contributed by atoms with van der Waals surface area (Å²) in [4.78, 5) is 41.0. The molecule has 3 aromatic rings. The SMILES string of the molecule is CC[C@@H](C)NC(=O)[C@@H](Cc1ccccc1)N(Cc1ccc(F)cc1)C(=O)CN(c1cccc(C(C)=O)c1)S(C)(=O)=O. The van der Waals surface area contributed by atoms with Crippen LogP contribution in [0.3, 0.4) is 0 Å². The molecule has 10 heteroatoms. The van der Waals surface area contributed by atoms with Crippen molar-refractivity contribution in [2.45, 2.75) is 52.2 Å². The number of carbonyl (C=O) groups excluding carboxylic acids is 3. The van der Waals surface area contributed by atoms with Crippen LogP contribution in [0.15, 0.2) is 78.9 Å². The second kappa shape index (κ2) is 14.0. The molecule has 2 atom stereocenters. The van der Waals surface area contributed by atoms with E-state index in [4.69, 9.17) is 0 Å². The highest BCUT2D eigenvalue weighted by atomic mass is 32.2. The van der Waals surface area contributed by atoms with Crippen LogP contribution in [-0.2, 0) is 32.6 Å². The number of hydrogen-bond acceptors (Lipinski definition) is 5. The van der Waals surface area contributed by atoms with E-state index in [0.29, 0.717) is 17.5 Å². The van der Waals surface area contributed by atoms with Crippen molar-refractivity contribution in [1.82, 2.24) is 10.2 Å². The van der Waals surface area contributed by atoms with Gasteiger partial charge in [-0.05, 0) is 55.7 Å². The van der Waals surface area contributed by atoms with Gasteiger partial charge in [0.1, 0.15) is 18.4 Å². The lowest BCUT2D eigenvalue weighted by atomic mass is 10.0. The van der Waals surface area contributed by atoms with Crippen molar-refractivity contribution >= 4 is 33.3 Å². The Bertz CT molecular complexity index is 1460. The van der Waals surface area contributed by atoms with Gasteiger partial charge in [0.2, 0.25) is 21.8 Å². The molecular formula is C31H36FN3O5S. The minimum atomic E-state index is -3.97. The molecular weight excluding hydrogens is 545 g/mol. The molecule has 2 amide bonds. The average Bonchev–Trinajstić information content (AvgIpc) is 2.94. The number of sulfonamides is 1. The molecule has 8 nitrogen and oxygen atoms in total. The number of Topliss-reactive ketones (excluding diaryl/α,β-unsaturated/α-hetero) is 1. The molecule has 0 radical (unpaired) electrons. The topological polar surface area (TPSA) is 104 Å². The summed E-state index contributed by atoms with van der Waals surface area (Å²) in [6.45, 7) is 4.48. The van der Waals surface area contributed by atoms with Gasteiger partial charge in [0.05, 0.1) is 11.9 Å². The Labute approximate surface area is 241 Å². The third-order valence-electron chi connectivity index (χ3n) is 6.76. The Kier molecular flexibility index (Phi) is 10.8. The highest BCUT2D eigenvalue weighted by molar-refractivity contribution is 7.92. The number of halogens is 1. The number of carbonyl (C=O) groups is 3. The lowest BCUT2D eigenvalue weighted by Crippen LogP contribution is -2.54. The molecule has 0 aliphatic heterocycles. The fourth-order valence-electron chi connectivity index (χ4n) is 4.28. The number of amides is 2. The third-order valence-corrected chi connectivity index (χ3v) is 7.90. The molecule has 0 unspecified atom stereocenters. The molecule has 0 aliphatic carbocycles. The van der Waals surface area contributed by atoms with Gasteiger partial charge in [-0.25, -0.2) is 12.8 Å². The minimum Gasteiger partial charge on any atom is -0.352 e. The largest absolute Gasteiger partial charge is 0.352 e. The molecule has 0 saturated heterocycles. The van der Waals surface area contributed by atoms with Crippen LogP contribution in [0.1, 0.15) is 48.7 Å². The van der Waals surface area contributed by atoms with Crippen molar-refractivity contribution in [3.05, 3.63) is 101 Å². The highest BCUT2D eigenvalue weighted by Gasteiger charge is 2.33. The highest BCUT2D eigenvalue weighted by Crippen LogP contribution is 2.22. The molecule has 1 N–H and O–H groups in total. The fraction of sp³-hybridized carbons (Fsp3) is 0.323. The second-order valence-corrected chi connectivity index (χ2v) is 12.0. The Morgan fingerprint density at radius 1 is 0.927 bits per heavy atom. The maximum atomic E-state index is 14.1. The summed E-state index contributed by atoms with van der Waals surface area (Å²) in [5.41, 5.74) is 1.82. The van der Waals surface area contributed by atoms with Crippen LogP contribution in [0.2, 0.25) is 0 Å². The zero-order valence-corrected chi connectivity index (χ0v) is 24.5. The third kappa shape index (κ3) is 8.97. The van der Waals surface area contributed by atoms with Crippen LogP contribution in [0.5, 0.6) is 0 Å². The summed E-state index contributed by atoms with van der Waals surface area (Å²) in [6, 6.07) is 19.6. The van der Waals surface area contributed by atoms with Gasteiger partial charge >= 0.3 is 0 Å². The minimum absolute atomic E-state index is 0.0599. The average molecular weight is 582 g/mol. The number of nitrogens with one attached hydrogen (secondary N) is 1. The quantitative estimate of drug-likeness (QED) is 0.303. The first-order valence-electron chi connectivity index (χ1n) is 13.4. The van der Waals surface area contributed by atoms with E-state index in [1.807, 2.05) is 44.2 Å². The number of ketones is 1. The van der Waals surface area contributed by atoms with Gasteiger partial charge in [0.25, 0.3) is 0 Å². The van der Waals surface area contributed by atoms with E-state index in [1.54, 1.807) is 12.1 Å². The standard InChI is InChI=1S/C31H36FN3O5S/c1-5-22(2)33-31(38)29(18-24-10-7-6-8-11-24)34(20-25-14-16-27(32)17-15-25)30(37)21-35(41(4,39)40)28-13-9-12-26(19-28)23(3)36/h6-17,19,22,29H,5,18,20-21H2,1-4H3,(H,33,38)/t22-,29-/m1/s1. The van der Waals surface area contributed by atoms with Crippen LogP contribution >= 0.6 is 0 Å². The van der Waals surface area contributed by atoms with Crippen molar-refractivity contribution < 1.29 is 27.2 Å². The molecule has 218 valence electrons. The van der Waals surface area contributed by atoms with Crippen molar-refractivity contribution in [3.8, 4) is 0 Å². The summed E-state index contributed by atoms with van der Waals surface area (Å²) < 4.78 is 40.4. The van der Waals surface area contributed by atoms with E-state index in [2.05, 4.69) is 5.32 Å². The maximum Gasteiger partial charge on any atom is 0.244 e. The first kappa shape index (κ1) is 31.5. The van der Waals surface area contributed by atoms with E-state index in [-0.39, 0.29) is 36.4 Å². The van der Waals surface area contributed by atoms with Crippen molar-refractivity contribution in [1.29, 1.82) is 0 Å². The molecule has 0 fully saturated rings. The number of rotatable bonds is 13. The van der Waals surface area contributed by atoms with Gasteiger partial charge in [-0.3, -0.25) is 18.7 Å². The zero-order chi connectivity index (χ0) is 30.2. The van der Waals surface area contributed by atoms with E-state index < -0.39 is 34.3 Å². The predicted molar refractivity (Wildman–Crippen MR) is 157 cm³/mol. The van der Waals surface area contributed by atoms with Crippen molar-refractivity contribution in [3.63, 3.8) is 0 Å². The van der Waals surface area contributed by atoms with Crippen molar-refractivity contribution in [2.24, 2.45) is 0 Å². The van der Waals surface area contributed by atoms with E-state index >= 15 is 0 Å². The lowest BCUT2D eigenvalue weighted by Gasteiger charge is -2.34. The second-order valence-electron chi connectivity index (χ2n) is 10.0. The predicted octanol–water partition coefficient (Wildman–Crippen LogP) is 4.35. The molecule has 3 rings (SSSR count). The molecule has 0 spiro atoms. The molecule has 0 bridgehead atoms. The van der Waals surface area contributed by atoms with E-state index in [1.165, 1.54) is 48.2 Å². The maximum absolute atomic E-state index is 14.1. The smallest absolute Gasteiger partial charge is 0.244 e. The van der Waals surface area contributed by atoms with E-state index in [0.717, 1.165) is 16.1 Å². The van der Waals surface area contributed by atoms with Crippen LogP contribution < -0.4 is 9.62 Å². The van der Waals surface area contributed by atoms with Gasteiger partial charge < -0.3 is 10.2 Å². The molecule has 0 aliphatic rings. The number of benzene rings is 3. The molecule has 0 heterocycles. The number of hydrogen-bond donors (Lipinski definition) is 1. The van der Waals surface area contributed by atoms with Gasteiger partial charge in [-0.1, -0.05) is 61.5 Å². The number of anilines is 1. The Morgan fingerprint density at radius 2 is 1.59 bits per heavy atom. The Balaban J connectivity index is 2.07. The van der Waals surface area contributed by atoms with Crippen LogP contribution in [-0.4, -0.2) is 55.8 Å². The molecule has 3 aromatic carbocycles. The Morgan fingerprint density at radius 3 is 2.17 bits per heavy atom. The summed E-state index contributed by atoms with van der Waals surface area (Å²) >= 11 is 0. The summed E-state index contributed by atoms with van der Waals surface area (Å²) in [5, 5.41) is 2.95. The van der Waals surface area contributed by atoms with Crippen molar-refractivity contribution in [2.75, 3.05) is 17.1 Å². The van der Waals surface area contributed by atoms with Gasteiger partial charge in [0, 0.05) is 24.6 Å². The van der Waals surface area contributed by atoms with Crippen LogP contribution in [0.4, 0.5) is 10.1 Å². The van der Waals surface area contributed by atoms with Crippen LogP contribution in [0.25, 0.3) is 0 Å². The normalized spacial score (nSPS) is 12.7. The monoisotopic (exact) mass is 581 g/mol. The van der Waals surface area contributed by atoms with E-state index in [9.17, 15) is 27.2 Å². The zero-order valence-electron chi connectivity index (χ0n) is 23.7. The van der Waals surface area contributed by atoms with Gasteiger partial charge in [-0.2, -0.15) is 0 Å². The summed E-state index contributed by atoms with van der Waals surface area (Å²) in [6.07, 6.45) is 1.82. The molecule has 0 aromatic heterocycles. The lowest BCUT2D eigenvalue weighted by molar-refractivity contribution is -0.140. The van der Waals surface area contributed by atoms with Gasteiger partial charge in [0.15, 0.2) is 5.78 Å². The Hall–Kier alpha value is -4.05.